The molecule has 0 bridgehead atoms. The van der Waals surface area contributed by atoms with E-state index in [4.69, 9.17) is 15.3 Å². The molecule has 0 fully saturated rings. The fourth-order valence-electron chi connectivity index (χ4n) is 0.278. The van der Waals surface area contributed by atoms with Crippen LogP contribution in [0.2, 0.25) is 0 Å². The fraction of sp³-hybridized carbons (Fsp3) is 0. The summed E-state index contributed by atoms with van der Waals surface area (Å²) in [6, 6.07) is 3.89. The summed E-state index contributed by atoms with van der Waals surface area (Å²) in [6.07, 6.45) is 3.75. The van der Waals surface area contributed by atoms with Crippen molar-refractivity contribution in [2.24, 2.45) is 0 Å². The molecule has 10 heavy (non-hydrogen) atoms. The smallest absolute Gasteiger partial charge is 0.368 e. The van der Waals surface area contributed by atoms with E-state index in [1.807, 2.05) is 24.5 Å². The van der Waals surface area contributed by atoms with Crippen molar-refractivity contribution >= 4 is 0 Å². The van der Waals surface area contributed by atoms with Crippen LogP contribution >= 0.6 is 0 Å². The van der Waals surface area contributed by atoms with E-state index in [1.165, 1.54) is 0 Å². The molecule has 0 amide bonds. The summed E-state index contributed by atoms with van der Waals surface area (Å²) in [7, 11) is 0. The summed E-state index contributed by atoms with van der Waals surface area (Å²) in [5, 5.41) is 14.8. The molecule has 0 atom stereocenters. The number of nitrogens with one attached hydrogen (secondary N) is 1. The summed E-state index contributed by atoms with van der Waals surface area (Å²) >= 11 is 0. The molecule has 0 saturated carbocycles. The predicted molar refractivity (Wildman–Crippen MR) is 31.2 cm³/mol. The Morgan fingerprint density at radius 1 is 1.20 bits per heavy atom. The van der Waals surface area contributed by atoms with Crippen LogP contribution in [0, 0.1) is 15.3 Å². The number of rotatable bonds is 0. The van der Waals surface area contributed by atoms with Crippen LogP contribution in [0.4, 0.5) is 0 Å². The summed E-state index contributed by atoms with van der Waals surface area (Å²) in [6.45, 7) is 0. The van der Waals surface area contributed by atoms with Crippen LogP contribution in [0.1, 0.15) is 0 Å². The monoisotopic (exact) mass is 236 g/mol. The molecule has 0 aliphatic heterocycles. The third kappa shape index (κ3) is 15.7. The zero-order valence-electron chi connectivity index (χ0n) is 4.78. The minimum atomic E-state index is -1.75. The van der Waals surface area contributed by atoms with Crippen molar-refractivity contribution in [2.75, 3.05) is 0 Å². The Morgan fingerprint density at radius 3 is 1.60 bits per heavy atom. The minimum absolute atomic E-state index is 0. The van der Waals surface area contributed by atoms with Gasteiger partial charge < -0.3 is 20.3 Å². The van der Waals surface area contributed by atoms with Crippen molar-refractivity contribution in [3.05, 3.63) is 39.8 Å². The van der Waals surface area contributed by atoms with Gasteiger partial charge in [-0.2, -0.15) is 0 Å². The second kappa shape index (κ2) is 8.22. The molecule has 0 aliphatic rings. The third-order valence-corrected chi connectivity index (χ3v) is 0.496. The van der Waals surface area contributed by atoms with E-state index in [9.17, 15) is 0 Å². The number of aromatic amines is 1. The van der Waals surface area contributed by atoms with Crippen LogP contribution in [0.5, 0.6) is 0 Å². The summed E-state index contributed by atoms with van der Waals surface area (Å²) in [5.74, 6) is 0. The Bertz CT molecular complexity index is 132. The van der Waals surface area contributed by atoms with Crippen molar-refractivity contribution in [2.45, 2.75) is 0 Å². The molecular formula is C4H5AgN2O3. The van der Waals surface area contributed by atoms with E-state index in [-0.39, 0.29) is 22.4 Å². The van der Waals surface area contributed by atoms with Gasteiger partial charge in [0.1, 0.15) is 0 Å². The molecule has 1 aromatic heterocycles. The number of hydrogen-bond acceptors (Lipinski definition) is 3. The molecular weight excluding hydrogens is 232 g/mol. The molecule has 0 unspecified atom stereocenters. The van der Waals surface area contributed by atoms with Gasteiger partial charge >= 0.3 is 22.4 Å². The predicted octanol–water partition coefficient (Wildman–Crippen LogP) is 0.773. The first-order valence-electron chi connectivity index (χ1n) is 2.13. The number of hydrogen-bond donors (Lipinski definition) is 1. The Labute approximate surface area is 72.7 Å². The maximum atomic E-state index is 8.25. The molecule has 0 aromatic carbocycles. The van der Waals surface area contributed by atoms with E-state index in [2.05, 4.69) is 4.98 Å². The first-order valence-corrected chi connectivity index (χ1v) is 2.13. The number of H-pyrrole nitrogens is 1. The molecule has 0 aliphatic carbocycles. The summed E-state index contributed by atoms with van der Waals surface area (Å²) < 4.78 is 0. The maximum absolute atomic E-state index is 8.25. The van der Waals surface area contributed by atoms with Crippen molar-refractivity contribution < 1.29 is 27.5 Å². The van der Waals surface area contributed by atoms with Gasteiger partial charge in [0.25, 0.3) is 0 Å². The van der Waals surface area contributed by atoms with Crippen LogP contribution in [0.3, 0.4) is 0 Å². The van der Waals surface area contributed by atoms with Crippen LogP contribution < -0.4 is 0 Å². The van der Waals surface area contributed by atoms with Gasteiger partial charge in [0.2, 0.25) is 0 Å². The van der Waals surface area contributed by atoms with Crippen LogP contribution in [-0.4, -0.2) is 10.1 Å². The largest absolute Gasteiger partial charge is 1.00 e. The topological polar surface area (TPSA) is 82.0 Å². The van der Waals surface area contributed by atoms with E-state index >= 15 is 0 Å². The van der Waals surface area contributed by atoms with Crippen molar-refractivity contribution in [3.63, 3.8) is 0 Å². The summed E-state index contributed by atoms with van der Waals surface area (Å²) in [5.41, 5.74) is 0. The molecule has 1 rings (SSSR count). The maximum Gasteiger partial charge on any atom is 1.00 e. The number of aromatic nitrogens is 1. The Kier molecular flexibility index (Phi) is 9.82. The van der Waals surface area contributed by atoms with E-state index in [1.54, 1.807) is 0 Å². The van der Waals surface area contributed by atoms with Gasteiger partial charge in [-0.05, 0) is 12.1 Å². The molecule has 0 spiro atoms. The molecule has 0 saturated heterocycles. The molecule has 0 radical (unpaired) electrons. The Hall–Kier alpha value is -0.780. The third-order valence-electron chi connectivity index (χ3n) is 0.496. The molecule has 1 aromatic rings. The zero-order valence-corrected chi connectivity index (χ0v) is 6.27. The Balaban J connectivity index is 0. The molecule has 1 N–H and O–H groups in total. The molecule has 1 heterocycles. The minimum Gasteiger partial charge on any atom is -0.368 e. The van der Waals surface area contributed by atoms with Gasteiger partial charge in [-0.15, -0.1) is 0 Å². The van der Waals surface area contributed by atoms with Gasteiger partial charge in [0.15, 0.2) is 0 Å². The average Bonchev–Trinajstić information content (AvgIpc) is 2.11. The van der Waals surface area contributed by atoms with Gasteiger partial charge in [-0.3, -0.25) is 0 Å². The zero-order chi connectivity index (χ0) is 7.11. The van der Waals surface area contributed by atoms with Gasteiger partial charge in [-0.1, -0.05) is 0 Å². The van der Waals surface area contributed by atoms with E-state index in [0.717, 1.165) is 0 Å². The van der Waals surface area contributed by atoms with Crippen molar-refractivity contribution in [3.8, 4) is 0 Å². The van der Waals surface area contributed by atoms with Crippen molar-refractivity contribution in [1.82, 2.24) is 4.98 Å². The SMILES string of the molecule is O=[N+]([O-])[O-].[Ag+].c1cc[nH]c1. The summed E-state index contributed by atoms with van der Waals surface area (Å²) in [4.78, 5) is 11.1. The number of nitrogens with zero attached hydrogens (tertiary/aromatic N) is 1. The molecule has 6 heteroatoms. The fourth-order valence-corrected chi connectivity index (χ4v) is 0.278. The Morgan fingerprint density at radius 2 is 1.50 bits per heavy atom. The van der Waals surface area contributed by atoms with E-state index in [0.29, 0.717) is 0 Å². The second-order valence-corrected chi connectivity index (χ2v) is 1.11. The quantitative estimate of drug-likeness (QED) is 0.411. The van der Waals surface area contributed by atoms with Crippen LogP contribution in [0.15, 0.2) is 24.5 Å². The average molecular weight is 237 g/mol. The van der Waals surface area contributed by atoms with Crippen molar-refractivity contribution in [1.29, 1.82) is 0 Å². The molecule has 5 nitrogen and oxygen atoms in total. The first-order chi connectivity index (χ1) is 4.23. The normalized spacial score (nSPS) is 6.40. The molecule has 60 valence electrons. The van der Waals surface area contributed by atoms with Gasteiger partial charge in [0, 0.05) is 12.4 Å². The van der Waals surface area contributed by atoms with Gasteiger partial charge in [-0.25, -0.2) is 0 Å². The first kappa shape index (κ1) is 12.0. The van der Waals surface area contributed by atoms with Gasteiger partial charge in [0.05, 0.1) is 5.09 Å². The standard InChI is InChI=1S/C4H5N.Ag.NO3/c1-2-4-5-3-1;;2-1(3)4/h1-5H;;/q;+1;-1. The van der Waals surface area contributed by atoms with E-state index < -0.39 is 5.09 Å². The van der Waals surface area contributed by atoms with Crippen LogP contribution in [-0.2, 0) is 22.4 Å². The second-order valence-electron chi connectivity index (χ2n) is 1.11. The van der Waals surface area contributed by atoms with Crippen LogP contribution in [0.25, 0.3) is 0 Å².